The topological polar surface area (TPSA) is 84.0 Å². The SMILES string of the molecule is Cn1nc(CC(=O)N2CCC(Oc3ccc(C#N)cn3)C2)c2ccccc21. The predicted octanol–water partition coefficient (Wildman–Crippen LogP) is 2.06. The van der Waals surface area contributed by atoms with E-state index in [2.05, 4.69) is 10.1 Å². The summed E-state index contributed by atoms with van der Waals surface area (Å²) in [6, 6.07) is 13.3. The number of carbonyl (C=O) groups is 1. The van der Waals surface area contributed by atoms with E-state index in [1.165, 1.54) is 6.20 Å². The third kappa shape index (κ3) is 3.47. The average Bonchev–Trinajstić information content (AvgIpc) is 3.28. The van der Waals surface area contributed by atoms with Crippen molar-refractivity contribution in [1.29, 1.82) is 5.26 Å². The Morgan fingerprint density at radius 2 is 2.19 bits per heavy atom. The Morgan fingerprint density at radius 3 is 2.96 bits per heavy atom. The number of aromatic nitrogens is 3. The van der Waals surface area contributed by atoms with Gasteiger partial charge in [0.15, 0.2) is 0 Å². The number of aryl methyl sites for hydroxylation is 1. The summed E-state index contributed by atoms with van der Waals surface area (Å²) in [6.07, 6.45) is 2.44. The lowest BCUT2D eigenvalue weighted by atomic mass is 10.1. The summed E-state index contributed by atoms with van der Waals surface area (Å²) in [4.78, 5) is 18.7. The van der Waals surface area contributed by atoms with Crippen LogP contribution in [0.25, 0.3) is 10.9 Å². The van der Waals surface area contributed by atoms with E-state index in [1.807, 2.05) is 47.0 Å². The molecule has 27 heavy (non-hydrogen) atoms. The van der Waals surface area contributed by atoms with Gasteiger partial charge in [-0.3, -0.25) is 9.48 Å². The van der Waals surface area contributed by atoms with Crippen LogP contribution < -0.4 is 4.74 Å². The summed E-state index contributed by atoms with van der Waals surface area (Å²) in [5.74, 6) is 0.529. The number of hydrogen-bond acceptors (Lipinski definition) is 5. The van der Waals surface area contributed by atoms with E-state index >= 15 is 0 Å². The number of fused-ring (bicyclic) bond motifs is 1. The minimum Gasteiger partial charge on any atom is -0.472 e. The number of hydrogen-bond donors (Lipinski definition) is 0. The number of para-hydroxylation sites is 1. The standard InChI is InChI=1S/C20H19N5O2/c1-24-18-5-3-2-4-16(18)17(23-24)10-20(26)25-9-8-15(13-25)27-19-7-6-14(11-21)12-22-19/h2-7,12,15H,8-10,13H2,1H3. The van der Waals surface area contributed by atoms with Crippen LogP contribution in [0, 0.1) is 11.3 Å². The molecule has 1 fully saturated rings. The lowest BCUT2D eigenvalue weighted by Gasteiger charge is -2.16. The van der Waals surface area contributed by atoms with Gasteiger partial charge in [0.25, 0.3) is 0 Å². The highest BCUT2D eigenvalue weighted by atomic mass is 16.5. The molecule has 1 aliphatic heterocycles. The third-order valence-corrected chi connectivity index (χ3v) is 4.80. The van der Waals surface area contributed by atoms with Crippen LogP contribution in [-0.2, 0) is 18.3 Å². The van der Waals surface area contributed by atoms with Crippen molar-refractivity contribution in [1.82, 2.24) is 19.7 Å². The van der Waals surface area contributed by atoms with Gasteiger partial charge in [-0.05, 0) is 12.1 Å². The van der Waals surface area contributed by atoms with Gasteiger partial charge in [0, 0.05) is 37.7 Å². The number of nitriles is 1. The van der Waals surface area contributed by atoms with E-state index < -0.39 is 0 Å². The van der Waals surface area contributed by atoms with Crippen molar-refractivity contribution >= 4 is 16.8 Å². The summed E-state index contributed by atoms with van der Waals surface area (Å²) in [5, 5.41) is 14.3. The molecule has 3 aromatic rings. The molecule has 136 valence electrons. The molecule has 0 N–H and O–H groups in total. The van der Waals surface area contributed by atoms with Crippen LogP contribution in [0.1, 0.15) is 17.7 Å². The van der Waals surface area contributed by atoms with Gasteiger partial charge in [0.2, 0.25) is 11.8 Å². The quantitative estimate of drug-likeness (QED) is 0.710. The number of rotatable bonds is 4. The van der Waals surface area contributed by atoms with Crippen molar-refractivity contribution in [2.24, 2.45) is 7.05 Å². The molecule has 1 aliphatic rings. The number of pyridine rings is 1. The van der Waals surface area contributed by atoms with Gasteiger partial charge in [-0.25, -0.2) is 4.98 Å². The summed E-state index contributed by atoms with van der Waals surface area (Å²) in [7, 11) is 1.89. The molecule has 1 unspecified atom stereocenters. The second-order valence-electron chi connectivity index (χ2n) is 6.63. The summed E-state index contributed by atoms with van der Waals surface area (Å²) >= 11 is 0. The van der Waals surface area contributed by atoms with E-state index in [-0.39, 0.29) is 18.4 Å². The molecule has 1 saturated heterocycles. The van der Waals surface area contributed by atoms with E-state index in [9.17, 15) is 4.79 Å². The molecule has 0 aliphatic carbocycles. The van der Waals surface area contributed by atoms with E-state index in [0.717, 1.165) is 23.0 Å². The fraction of sp³-hybridized carbons (Fsp3) is 0.300. The molecule has 4 rings (SSSR count). The first-order valence-electron chi connectivity index (χ1n) is 8.85. The number of carbonyl (C=O) groups excluding carboxylic acids is 1. The van der Waals surface area contributed by atoms with Crippen LogP contribution in [0.15, 0.2) is 42.6 Å². The molecule has 2 aromatic heterocycles. The molecule has 1 atom stereocenters. The normalized spacial score (nSPS) is 16.4. The zero-order valence-electron chi connectivity index (χ0n) is 15.0. The Morgan fingerprint density at radius 1 is 1.33 bits per heavy atom. The predicted molar refractivity (Wildman–Crippen MR) is 99.0 cm³/mol. The monoisotopic (exact) mass is 361 g/mol. The van der Waals surface area contributed by atoms with Crippen molar-refractivity contribution < 1.29 is 9.53 Å². The van der Waals surface area contributed by atoms with Crippen LogP contribution in [0.4, 0.5) is 0 Å². The summed E-state index contributed by atoms with van der Waals surface area (Å²) < 4.78 is 7.66. The lowest BCUT2D eigenvalue weighted by Crippen LogP contribution is -2.32. The molecule has 0 spiro atoms. The smallest absolute Gasteiger partial charge is 0.228 e. The zero-order chi connectivity index (χ0) is 18.8. The van der Waals surface area contributed by atoms with Gasteiger partial charge in [0.1, 0.15) is 12.2 Å². The second-order valence-corrected chi connectivity index (χ2v) is 6.63. The summed E-state index contributed by atoms with van der Waals surface area (Å²) in [5.41, 5.74) is 2.32. The fourth-order valence-electron chi connectivity index (χ4n) is 3.41. The van der Waals surface area contributed by atoms with Crippen molar-refractivity contribution in [2.75, 3.05) is 13.1 Å². The van der Waals surface area contributed by atoms with Crippen molar-refractivity contribution in [2.45, 2.75) is 18.9 Å². The van der Waals surface area contributed by atoms with Crippen molar-refractivity contribution in [3.63, 3.8) is 0 Å². The number of benzene rings is 1. The first kappa shape index (κ1) is 17.0. The molecule has 1 aromatic carbocycles. The Bertz CT molecular complexity index is 1020. The maximum absolute atomic E-state index is 12.7. The number of likely N-dealkylation sites (tertiary alicyclic amines) is 1. The first-order valence-corrected chi connectivity index (χ1v) is 8.85. The molecule has 0 bridgehead atoms. The third-order valence-electron chi connectivity index (χ3n) is 4.80. The van der Waals surface area contributed by atoms with E-state index in [1.54, 1.807) is 12.1 Å². The van der Waals surface area contributed by atoms with Gasteiger partial charge in [0.05, 0.1) is 29.7 Å². The largest absolute Gasteiger partial charge is 0.472 e. The number of amides is 1. The highest BCUT2D eigenvalue weighted by Crippen LogP contribution is 2.21. The summed E-state index contributed by atoms with van der Waals surface area (Å²) in [6.45, 7) is 1.19. The fourth-order valence-corrected chi connectivity index (χ4v) is 3.41. The minimum absolute atomic E-state index is 0.0535. The molecule has 7 heteroatoms. The van der Waals surface area contributed by atoms with Crippen molar-refractivity contribution in [3.8, 4) is 11.9 Å². The molecule has 3 heterocycles. The second kappa shape index (κ2) is 7.08. The lowest BCUT2D eigenvalue weighted by molar-refractivity contribution is -0.129. The van der Waals surface area contributed by atoms with Crippen LogP contribution in [-0.4, -0.2) is 44.8 Å². The van der Waals surface area contributed by atoms with Crippen LogP contribution in [0.3, 0.4) is 0 Å². The highest BCUT2D eigenvalue weighted by Gasteiger charge is 2.28. The number of nitrogens with zero attached hydrogens (tertiary/aromatic N) is 5. The Labute approximate surface area is 156 Å². The molecule has 1 amide bonds. The van der Waals surface area contributed by atoms with E-state index in [4.69, 9.17) is 10.00 Å². The minimum atomic E-state index is -0.0881. The van der Waals surface area contributed by atoms with Gasteiger partial charge >= 0.3 is 0 Å². The van der Waals surface area contributed by atoms with Gasteiger partial charge in [-0.1, -0.05) is 18.2 Å². The molecular weight excluding hydrogens is 342 g/mol. The van der Waals surface area contributed by atoms with Gasteiger partial charge in [-0.2, -0.15) is 10.4 Å². The Kier molecular flexibility index (Phi) is 4.47. The maximum Gasteiger partial charge on any atom is 0.228 e. The molecule has 0 saturated carbocycles. The average molecular weight is 361 g/mol. The van der Waals surface area contributed by atoms with E-state index in [0.29, 0.717) is 24.5 Å². The molecule has 7 nitrogen and oxygen atoms in total. The molecular formula is C20H19N5O2. The Balaban J connectivity index is 1.39. The van der Waals surface area contributed by atoms with Gasteiger partial charge < -0.3 is 9.64 Å². The first-order chi connectivity index (χ1) is 13.1. The van der Waals surface area contributed by atoms with Gasteiger partial charge in [-0.15, -0.1) is 0 Å². The van der Waals surface area contributed by atoms with Crippen LogP contribution in [0.2, 0.25) is 0 Å². The highest BCUT2D eigenvalue weighted by molar-refractivity contribution is 5.87. The zero-order valence-corrected chi connectivity index (χ0v) is 15.0. The van der Waals surface area contributed by atoms with Crippen molar-refractivity contribution in [3.05, 3.63) is 53.9 Å². The number of ether oxygens (including phenoxy) is 1. The Hall–Kier alpha value is -3.40. The van der Waals surface area contributed by atoms with Crippen LogP contribution >= 0.6 is 0 Å². The van der Waals surface area contributed by atoms with Crippen LogP contribution in [0.5, 0.6) is 5.88 Å². The molecule has 0 radical (unpaired) electrons. The maximum atomic E-state index is 12.7.